The standard InChI is InChI=1S/C14H8ClFN2O2/c15-10-6-9(2-3-11(10)16)18-14(19)8-1-4-12-13(5-8)20-7-17-12/h1-7H,(H,18,19). The van der Waals surface area contributed by atoms with E-state index in [1.54, 1.807) is 18.2 Å². The van der Waals surface area contributed by atoms with Gasteiger partial charge in [0, 0.05) is 11.3 Å². The van der Waals surface area contributed by atoms with Gasteiger partial charge in [-0.15, -0.1) is 0 Å². The quantitative estimate of drug-likeness (QED) is 0.779. The van der Waals surface area contributed by atoms with Crippen LogP contribution in [0.4, 0.5) is 10.1 Å². The highest BCUT2D eigenvalue weighted by atomic mass is 35.5. The van der Waals surface area contributed by atoms with Gasteiger partial charge in [-0.25, -0.2) is 9.37 Å². The van der Waals surface area contributed by atoms with Gasteiger partial charge in [-0.1, -0.05) is 11.6 Å². The summed E-state index contributed by atoms with van der Waals surface area (Å²) >= 11 is 5.66. The van der Waals surface area contributed by atoms with Gasteiger partial charge in [-0.3, -0.25) is 4.79 Å². The number of fused-ring (bicyclic) bond motifs is 1. The number of hydrogen-bond donors (Lipinski definition) is 1. The molecule has 0 radical (unpaired) electrons. The first kappa shape index (κ1) is 12.6. The van der Waals surface area contributed by atoms with Gasteiger partial charge in [0.15, 0.2) is 12.0 Å². The van der Waals surface area contributed by atoms with Crippen molar-refractivity contribution in [3.8, 4) is 0 Å². The van der Waals surface area contributed by atoms with Crippen LogP contribution in [0.2, 0.25) is 5.02 Å². The number of halogens is 2. The first-order chi connectivity index (χ1) is 9.63. The van der Waals surface area contributed by atoms with Crippen LogP contribution in [0.25, 0.3) is 11.1 Å². The summed E-state index contributed by atoms with van der Waals surface area (Å²) in [6.45, 7) is 0. The van der Waals surface area contributed by atoms with Crippen molar-refractivity contribution in [1.29, 1.82) is 0 Å². The van der Waals surface area contributed by atoms with Gasteiger partial charge < -0.3 is 9.73 Å². The van der Waals surface area contributed by atoms with E-state index in [9.17, 15) is 9.18 Å². The minimum atomic E-state index is -0.534. The summed E-state index contributed by atoms with van der Waals surface area (Å²) in [6.07, 6.45) is 1.31. The molecule has 100 valence electrons. The fourth-order valence-electron chi connectivity index (χ4n) is 1.77. The van der Waals surface area contributed by atoms with Crippen molar-refractivity contribution in [2.24, 2.45) is 0 Å². The highest BCUT2D eigenvalue weighted by Crippen LogP contribution is 2.20. The fraction of sp³-hybridized carbons (Fsp3) is 0. The number of rotatable bonds is 2. The monoisotopic (exact) mass is 290 g/mol. The Morgan fingerprint density at radius 1 is 1.25 bits per heavy atom. The van der Waals surface area contributed by atoms with Gasteiger partial charge in [0.2, 0.25) is 0 Å². The normalized spacial score (nSPS) is 10.7. The maximum Gasteiger partial charge on any atom is 0.255 e. The Labute approximate surface area is 118 Å². The van der Waals surface area contributed by atoms with Crippen LogP contribution in [0, 0.1) is 5.82 Å². The van der Waals surface area contributed by atoms with E-state index in [4.69, 9.17) is 16.0 Å². The second kappa shape index (κ2) is 4.94. The Kier molecular flexibility index (Phi) is 3.12. The van der Waals surface area contributed by atoms with Crippen LogP contribution in [0.5, 0.6) is 0 Å². The zero-order valence-corrected chi connectivity index (χ0v) is 10.8. The van der Waals surface area contributed by atoms with Crippen molar-refractivity contribution in [3.63, 3.8) is 0 Å². The van der Waals surface area contributed by atoms with Crippen molar-refractivity contribution >= 4 is 34.3 Å². The maximum atomic E-state index is 13.0. The molecule has 1 heterocycles. The Hall–Kier alpha value is -2.40. The van der Waals surface area contributed by atoms with Crippen LogP contribution < -0.4 is 5.32 Å². The molecule has 1 aromatic heterocycles. The number of nitrogens with one attached hydrogen (secondary N) is 1. The molecule has 0 fully saturated rings. The summed E-state index contributed by atoms with van der Waals surface area (Å²) in [4.78, 5) is 16.0. The molecule has 0 aliphatic heterocycles. The molecule has 6 heteroatoms. The SMILES string of the molecule is O=C(Nc1ccc(F)c(Cl)c1)c1ccc2ncoc2c1. The molecule has 0 saturated heterocycles. The van der Waals surface area contributed by atoms with Crippen molar-refractivity contribution in [3.05, 3.63) is 59.2 Å². The lowest BCUT2D eigenvalue weighted by Crippen LogP contribution is -2.11. The molecule has 3 rings (SSSR count). The first-order valence-electron chi connectivity index (χ1n) is 5.73. The Morgan fingerprint density at radius 3 is 2.90 bits per heavy atom. The van der Waals surface area contributed by atoms with E-state index >= 15 is 0 Å². The average Bonchev–Trinajstić information content (AvgIpc) is 2.90. The molecule has 1 amide bonds. The number of anilines is 1. The van der Waals surface area contributed by atoms with Crippen LogP contribution in [0.15, 0.2) is 47.2 Å². The Balaban J connectivity index is 1.86. The third kappa shape index (κ3) is 2.35. The number of hydrogen-bond acceptors (Lipinski definition) is 3. The van der Waals surface area contributed by atoms with Crippen molar-refractivity contribution in [2.45, 2.75) is 0 Å². The highest BCUT2D eigenvalue weighted by molar-refractivity contribution is 6.31. The predicted molar refractivity (Wildman–Crippen MR) is 73.4 cm³/mol. The molecule has 0 unspecified atom stereocenters. The number of oxazole rings is 1. The molecule has 2 aromatic carbocycles. The second-order valence-electron chi connectivity index (χ2n) is 4.12. The average molecular weight is 291 g/mol. The smallest absolute Gasteiger partial charge is 0.255 e. The maximum absolute atomic E-state index is 13.0. The zero-order chi connectivity index (χ0) is 14.1. The van der Waals surface area contributed by atoms with Crippen LogP contribution in [-0.2, 0) is 0 Å². The number of amides is 1. The van der Waals surface area contributed by atoms with Crippen molar-refractivity contribution in [1.82, 2.24) is 4.98 Å². The van der Waals surface area contributed by atoms with E-state index in [0.29, 0.717) is 22.4 Å². The van der Waals surface area contributed by atoms with E-state index in [0.717, 1.165) is 0 Å². The molecule has 0 aliphatic rings. The minimum Gasteiger partial charge on any atom is -0.443 e. The highest BCUT2D eigenvalue weighted by Gasteiger charge is 2.10. The molecule has 20 heavy (non-hydrogen) atoms. The van der Waals surface area contributed by atoms with Gasteiger partial charge in [0.1, 0.15) is 11.3 Å². The number of carbonyl (C=O) groups excluding carboxylic acids is 1. The number of nitrogens with zero attached hydrogens (tertiary/aromatic N) is 1. The summed E-state index contributed by atoms with van der Waals surface area (Å²) in [7, 11) is 0. The summed E-state index contributed by atoms with van der Waals surface area (Å²) < 4.78 is 18.2. The lowest BCUT2D eigenvalue weighted by Gasteiger charge is -2.05. The van der Waals surface area contributed by atoms with Gasteiger partial charge >= 0.3 is 0 Å². The topological polar surface area (TPSA) is 55.1 Å². The Bertz CT molecular complexity index is 801. The van der Waals surface area contributed by atoms with E-state index in [-0.39, 0.29) is 10.9 Å². The first-order valence-corrected chi connectivity index (χ1v) is 6.11. The summed E-state index contributed by atoms with van der Waals surface area (Å²) in [5, 5.41) is 2.58. The van der Waals surface area contributed by atoms with E-state index in [2.05, 4.69) is 10.3 Å². The lowest BCUT2D eigenvalue weighted by atomic mass is 10.2. The second-order valence-corrected chi connectivity index (χ2v) is 4.53. The van der Waals surface area contributed by atoms with Gasteiger partial charge in [-0.2, -0.15) is 0 Å². The number of benzene rings is 2. The molecule has 3 aromatic rings. The third-order valence-corrected chi connectivity index (χ3v) is 3.06. The van der Waals surface area contributed by atoms with Gasteiger partial charge in [0.05, 0.1) is 5.02 Å². The molecular weight excluding hydrogens is 283 g/mol. The largest absolute Gasteiger partial charge is 0.443 e. The van der Waals surface area contributed by atoms with Gasteiger partial charge in [0.25, 0.3) is 5.91 Å². The summed E-state index contributed by atoms with van der Waals surface area (Å²) in [6, 6.07) is 8.88. The summed E-state index contributed by atoms with van der Waals surface area (Å²) in [5.41, 5.74) is 2.02. The molecule has 0 aliphatic carbocycles. The van der Waals surface area contributed by atoms with Gasteiger partial charge in [-0.05, 0) is 36.4 Å². The van der Waals surface area contributed by atoms with Crippen LogP contribution in [0.3, 0.4) is 0 Å². The van der Waals surface area contributed by atoms with Crippen molar-refractivity contribution in [2.75, 3.05) is 5.32 Å². The third-order valence-electron chi connectivity index (χ3n) is 2.77. The number of carbonyl (C=O) groups is 1. The van der Waals surface area contributed by atoms with E-state index in [1.807, 2.05) is 0 Å². The molecule has 0 saturated carbocycles. The molecule has 1 N–H and O–H groups in total. The van der Waals surface area contributed by atoms with Crippen LogP contribution in [-0.4, -0.2) is 10.9 Å². The fourth-order valence-corrected chi connectivity index (χ4v) is 1.95. The molecule has 0 atom stereocenters. The Morgan fingerprint density at radius 2 is 2.10 bits per heavy atom. The number of aromatic nitrogens is 1. The van der Waals surface area contributed by atoms with Crippen LogP contribution in [0.1, 0.15) is 10.4 Å². The van der Waals surface area contributed by atoms with E-state index in [1.165, 1.54) is 24.6 Å². The van der Waals surface area contributed by atoms with Crippen molar-refractivity contribution < 1.29 is 13.6 Å². The zero-order valence-electron chi connectivity index (χ0n) is 10.1. The summed E-state index contributed by atoms with van der Waals surface area (Å²) in [5.74, 6) is -0.876. The predicted octanol–water partition coefficient (Wildman–Crippen LogP) is 3.87. The van der Waals surface area contributed by atoms with Crippen LogP contribution >= 0.6 is 11.6 Å². The molecule has 0 bridgehead atoms. The molecule has 0 spiro atoms. The minimum absolute atomic E-state index is 0.0477. The molecular formula is C14H8ClFN2O2. The molecule has 4 nitrogen and oxygen atoms in total. The van der Waals surface area contributed by atoms with E-state index < -0.39 is 5.82 Å². The lowest BCUT2D eigenvalue weighted by molar-refractivity contribution is 0.102.